The fourth-order valence-electron chi connectivity index (χ4n) is 5.09. The van der Waals surface area contributed by atoms with Gasteiger partial charge in [0.15, 0.2) is 5.11 Å². The van der Waals surface area contributed by atoms with Crippen molar-refractivity contribution < 1.29 is 4.74 Å². The first-order valence-corrected chi connectivity index (χ1v) is 13.5. The van der Waals surface area contributed by atoms with Crippen LogP contribution in [0.15, 0.2) is 36.4 Å². The number of nitrogens with one attached hydrogen (secondary N) is 2. The summed E-state index contributed by atoms with van der Waals surface area (Å²) in [5.41, 5.74) is 1.28. The Labute approximate surface area is 214 Å². The number of rotatable bonds is 6. The maximum absolute atomic E-state index is 5.70. The lowest BCUT2D eigenvalue weighted by Crippen LogP contribution is -2.47. The van der Waals surface area contributed by atoms with E-state index in [4.69, 9.17) is 26.9 Å². The molecule has 3 saturated heterocycles. The Morgan fingerprint density at radius 3 is 2.17 bits per heavy atom. The first-order chi connectivity index (χ1) is 17.2. The second-order valence-corrected chi connectivity index (χ2v) is 10.00. The van der Waals surface area contributed by atoms with Crippen LogP contribution in [0.25, 0.3) is 0 Å². The molecular formula is C26H37N7OS. The summed E-state index contributed by atoms with van der Waals surface area (Å²) in [5, 5.41) is 7.09. The van der Waals surface area contributed by atoms with Crippen molar-refractivity contribution in [3.8, 4) is 0 Å². The number of para-hydroxylation sites is 1. The molecule has 188 valence electrons. The van der Waals surface area contributed by atoms with Gasteiger partial charge in [0.25, 0.3) is 0 Å². The van der Waals surface area contributed by atoms with Crippen LogP contribution in [0.4, 0.5) is 23.3 Å². The minimum Gasteiger partial charge on any atom is -0.376 e. The quantitative estimate of drug-likeness (QED) is 0.585. The van der Waals surface area contributed by atoms with E-state index >= 15 is 0 Å². The summed E-state index contributed by atoms with van der Waals surface area (Å²) >= 11 is 5.57. The first kappa shape index (κ1) is 24.1. The molecule has 0 radical (unpaired) electrons. The SMILES string of the molecule is S=C(NC[C@H]1CCCO1)Nc1nc(N2CCCCCC2)cc(N2CCN(c3ccccc3)CC2)n1. The van der Waals surface area contributed by atoms with Gasteiger partial charge < -0.3 is 30.1 Å². The van der Waals surface area contributed by atoms with E-state index < -0.39 is 0 Å². The number of hydrogen-bond acceptors (Lipinski definition) is 7. The zero-order valence-corrected chi connectivity index (χ0v) is 21.3. The number of ether oxygens (including phenoxy) is 1. The summed E-state index contributed by atoms with van der Waals surface area (Å²) in [6.45, 7) is 7.42. The molecule has 0 bridgehead atoms. The number of benzene rings is 1. The number of anilines is 4. The van der Waals surface area contributed by atoms with Crippen LogP contribution in [0, 0.1) is 0 Å². The Kier molecular flexibility index (Phi) is 8.15. The summed E-state index contributed by atoms with van der Waals surface area (Å²) in [5.74, 6) is 2.53. The molecule has 3 fully saturated rings. The second kappa shape index (κ2) is 11.9. The molecule has 4 heterocycles. The van der Waals surface area contributed by atoms with E-state index in [1.54, 1.807) is 0 Å². The van der Waals surface area contributed by atoms with Gasteiger partial charge in [-0.05, 0) is 50.0 Å². The standard InChI is InChI=1S/C26H37N7OS/c35-26(27-20-22-11-8-18-34-22)30-25-28-23(32-12-6-1-2-7-13-32)19-24(29-25)33-16-14-31(15-17-33)21-9-4-3-5-10-21/h3-5,9-10,19,22H,1-2,6-8,11-18,20H2,(H2,27,28,29,30,35)/t22-/m1/s1. The highest BCUT2D eigenvalue weighted by Gasteiger charge is 2.22. The van der Waals surface area contributed by atoms with Gasteiger partial charge in [0, 0.05) is 64.2 Å². The van der Waals surface area contributed by atoms with Crippen LogP contribution in [0.2, 0.25) is 0 Å². The van der Waals surface area contributed by atoms with Crippen molar-refractivity contribution in [1.82, 2.24) is 15.3 Å². The van der Waals surface area contributed by atoms with Crippen molar-refractivity contribution in [3.63, 3.8) is 0 Å². The number of aromatic nitrogens is 2. The van der Waals surface area contributed by atoms with E-state index in [0.717, 1.165) is 70.4 Å². The van der Waals surface area contributed by atoms with Crippen LogP contribution < -0.4 is 25.3 Å². The van der Waals surface area contributed by atoms with Crippen LogP contribution in [0.5, 0.6) is 0 Å². The fourth-order valence-corrected chi connectivity index (χ4v) is 5.27. The summed E-state index contributed by atoms with van der Waals surface area (Å²) in [6, 6.07) is 12.8. The van der Waals surface area contributed by atoms with Crippen LogP contribution in [-0.4, -0.2) is 73.6 Å². The average Bonchev–Trinajstić information content (AvgIpc) is 3.28. The molecule has 0 saturated carbocycles. The minimum absolute atomic E-state index is 0.232. The highest BCUT2D eigenvalue weighted by atomic mass is 32.1. The van der Waals surface area contributed by atoms with E-state index in [2.05, 4.69) is 61.7 Å². The Bertz CT molecular complexity index is 953. The van der Waals surface area contributed by atoms with E-state index in [-0.39, 0.29) is 6.10 Å². The van der Waals surface area contributed by atoms with Gasteiger partial charge in [0.05, 0.1) is 6.10 Å². The van der Waals surface area contributed by atoms with Gasteiger partial charge in [-0.2, -0.15) is 9.97 Å². The number of piperazine rings is 1. The zero-order valence-electron chi connectivity index (χ0n) is 20.5. The maximum atomic E-state index is 5.70. The molecule has 3 aliphatic rings. The third-order valence-corrected chi connectivity index (χ3v) is 7.34. The number of thiocarbonyl (C=S) groups is 1. The van der Waals surface area contributed by atoms with Gasteiger partial charge in [-0.25, -0.2) is 0 Å². The van der Waals surface area contributed by atoms with Crippen molar-refractivity contribution in [1.29, 1.82) is 0 Å². The molecule has 0 aliphatic carbocycles. The monoisotopic (exact) mass is 495 g/mol. The van der Waals surface area contributed by atoms with Crippen LogP contribution >= 0.6 is 12.2 Å². The molecule has 2 aromatic rings. The smallest absolute Gasteiger partial charge is 0.232 e. The van der Waals surface area contributed by atoms with Gasteiger partial charge in [-0.1, -0.05) is 31.0 Å². The Hall–Kier alpha value is -2.65. The van der Waals surface area contributed by atoms with Crippen molar-refractivity contribution in [2.24, 2.45) is 0 Å². The van der Waals surface area contributed by atoms with E-state index in [9.17, 15) is 0 Å². The van der Waals surface area contributed by atoms with Crippen molar-refractivity contribution >= 4 is 40.6 Å². The number of nitrogens with zero attached hydrogens (tertiary/aromatic N) is 5. The summed E-state index contributed by atoms with van der Waals surface area (Å²) in [4.78, 5) is 17.0. The molecule has 35 heavy (non-hydrogen) atoms. The van der Waals surface area contributed by atoms with Gasteiger partial charge in [0.1, 0.15) is 11.6 Å². The molecule has 2 N–H and O–H groups in total. The van der Waals surface area contributed by atoms with Crippen molar-refractivity contribution in [2.45, 2.75) is 44.6 Å². The Morgan fingerprint density at radius 2 is 1.51 bits per heavy atom. The van der Waals surface area contributed by atoms with Crippen LogP contribution in [0.1, 0.15) is 38.5 Å². The van der Waals surface area contributed by atoms with Gasteiger partial charge >= 0.3 is 0 Å². The van der Waals surface area contributed by atoms with Crippen LogP contribution in [-0.2, 0) is 4.74 Å². The molecule has 0 spiro atoms. The first-order valence-electron chi connectivity index (χ1n) is 13.1. The zero-order chi connectivity index (χ0) is 23.9. The van der Waals surface area contributed by atoms with Gasteiger partial charge in [0.2, 0.25) is 5.95 Å². The van der Waals surface area contributed by atoms with Gasteiger partial charge in [-0.15, -0.1) is 0 Å². The fraction of sp³-hybridized carbons (Fsp3) is 0.577. The lowest BCUT2D eigenvalue weighted by atomic mass is 10.2. The molecule has 1 aromatic carbocycles. The molecule has 9 heteroatoms. The molecule has 5 rings (SSSR count). The van der Waals surface area contributed by atoms with Gasteiger partial charge in [-0.3, -0.25) is 0 Å². The van der Waals surface area contributed by atoms with E-state index in [0.29, 0.717) is 17.6 Å². The maximum Gasteiger partial charge on any atom is 0.232 e. The highest BCUT2D eigenvalue weighted by Crippen LogP contribution is 2.26. The predicted molar refractivity (Wildman–Crippen MR) is 147 cm³/mol. The minimum atomic E-state index is 0.232. The lowest BCUT2D eigenvalue weighted by molar-refractivity contribution is 0.114. The molecule has 8 nitrogen and oxygen atoms in total. The average molecular weight is 496 g/mol. The van der Waals surface area contributed by atoms with E-state index in [1.807, 2.05) is 0 Å². The summed E-state index contributed by atoms with van der Waals surface area (Å²) in [7, 11) is 0. The highest BCUT2D eigenvalue weighted by molar-refractivity contribution is 7.80. The summed E-state index contributed by atoms with van der Waals surface area (Å²) < 4.78 is 5.70. The molecule has 3 aliphatic heterocycles. The molecule has 0 amide bonds. The molecule has 0 unspecified atom stereocenters. The van der Waals surface area contributed by atoms with E-state index in [1.165, 1.54) is 31.4 Å². The lowest BCUT2D eigenvalue weighted by Gasteiger charge is -2.37. The molecule has 1 atom stereocenters. The second-order valence-electron chi connectivity index (χ2n) is 9.59. The number of hydrogen-bond donors (Lipinski definition) is 2. The van der Waals surface area contributed by atoms with Crippen LogP contribution in [0.3, 0.4) is 0 Å². The Balaban J connectivity index is 1.29. The third kappa shape index (κ3) is 6.52. The molecular weight excluding hydrogens is 458 g/mol. The van der Waals surface area contributed by atoms with Crippen molar-refractivity contribution in [3.05, 3.63) is 36.4 Å². The topological polar surface area (TPSA) is 68.8 Å². The predicted octanol–water partition coefficient (Wildman–Crippen LogP) is 3.65. The Morgan fingerprint density at radius 1 is 0.857 bits per heavy atom. The normalized spacial score (nSPS) is 21.0. The summed E-state index contributed by atoms with van der Waals surface area (Å²) in [6.07, 6.45) is 7.43. The largest absolute Gasteiger partial charge is 0.376 e. The molecule has 1 aromatic heterocycles. The van der Waals surface area contributed by atoms with Crippen molar-refractivity contribution in [2.75, 3.05) is 72.4 Å². The third-order valence-electron chi connectivity index (χ3n) is 7.09.